The fraction of sp³-hybridized carbons (Fsp3) is 0.192. The Bertz CT molecular complexity index is 1250. The van der Waals surface area contributed by atoms with Crippen LogP contribution in [-0.4, -0.2) is 28.9 Å². The van der Waals surface area contributed by atoms with Crippen molar-refractivity contribution in [2.45, 2.75) is 25.8 Å². The summed E-state index contributed by atoms with van der Waals surface area (Å²) in [6.45, 7) is 3.97. The molecule has 1 saturated heterocycles. The van der Waals surface area contributed by atoms with Crippen LogP contribution in [0, 0.1) is 5.82 Å². The number of rotatable bonds is 5. The number of nitrogens with zero attached hydrogens (tertiary/aromatic N) is 2. The van der Waals surface area contributed by atoms with Crippen molar-refractivity contribution in [3.8, 4) is 5.75 Å². The van der Waals surface area contributed by atoms with Crippen molar-refractivity contribution < 1.29 is 23.8 Å². The lowest BCUT2D eigenvalue weighted by molar-refractivity contribution is -0.132. The molecule has 4 rings (SSSR count). The second-order valence-corrected chi connectivity index (χ2v) is 8.05. The van der Waals surface area contributed by atoms with Crippen LogP contribution in [0.5, 0.6) is 5.75 Å². The summed E-state index contributed by atoms with van der Waals surface area (Å²) in [5.41, 5.74) is 1.87. The first-order chi connectivity index (χ1) is 15.8. The molecule has 0 aliphatic carbocycles. The van der Waals surface area contributed by atoms with Gasteiger partial charge in [-0.25, -0.2) is 4.39 Å². The van der Waals surface area contributed by atoms with Gasteiger partial charge in [0.1, 0.15) is 17.3 Å². The molecular formula is C26H23FN2O4. The molecule has 1 amide bonds. The molecule has 1 atom stereocenters. The lowest BCUT2D eigenvalue weighted by Gasteiger charge is -2.25. The van der Waals surface area contributed by atoms with E-state index in [0.717, 1.165) is 5.56 Å². The number of Topliss-reactive ketones (excluding diaryl/α,β-unsaturated/α-hetero) is 1. The lowest BCUT2D eigenvalue weighted by atomic mass is 9.93. The Morgan fingerprint density at radius 3 is 2.55 bits per heavy atom. The number of carbonyl (C=O) groups excluding carboxylic acids is 2. The van der Waals surface area contributed by atoms with Gasteiger partial charge in [0, 0.05) is 23.6 Å². The quantitative estimate of drug-likeness (QED) is 0.340. The number of ketones is 1. The summed E-state index contributed by atoms with van der Waals surface area (Å²) in [5, 5.41) is 11.3. The molecule has 3 aromatic rings. The van der Waals surface area contributed by atoms with Gasteiger partial charge in [0.15, 0.2) is 0 Å². The maximum atomic E-state index is 14.0. The molecule has 2 heterocycles. The van der Waals surface area contributed by atoms with E-state index in [0.29, 0.717) is 16.9 Å². The molecular weight excluding hydrogens is 423 g/mol. The van der Waals surface area contributed by atoms with Crippen LogP contribution in [-0.2, 0) is 9.59 Å². The van der Waals surface area contributed by atoms with E-state index < -0.39 is 23.5 Å². The Morgan fingerprint density at radius 1 is 1.12 bits per heavy atom. The minimum atomic E-state index is -0.967. The second kappa shape index (κ2) is 8.86. The van der Waals surface area contributed by atoms with Crippen molar-refractivity contribution in [2.75, 3.05) is 12.0 Å². The largest absolute Gasteiger partial charge is 0.507 e. The third-order valence-electron chi connectivity index (χ3n) is 5.66. The molecule has 1 N–H and O–H groups in total. The highest BCUT2D eigenvalue weighted by atomic mass is 19.1. The maximum absolute atomic E-state index is 14.0. The highest BCUT2D eigenvalue weighted by Gasteiger charge is 2.47. The Balaban J connectivity index is 1.94. The molecule has 6 nitrogen and oxygen atoms in total. The van der Waals surface area contributed by atoms with Crippen molar-refractivity contribution in [1.29, 1.82) is 0 Å². The smallest absolute Gasteiger partial charge is 0.300 e. The van der Waals surface area contributed by atoms with Crippen molar-refractivity contribution in [2.24, 2.45) is 0 Å². The zero-order valence-corrected chi connectivity index (χ0v) is 18.4. The van der Waals surface area contributed by atoms with Gasteiger partial charge in [-0.2, -0.15) is 0 Å². The fourth-order valence-corrected chi connectivity index (χ4v) is 4.07. The molecule has 0 saturated carbocycles. The third kappa shape index (κ3) is 3.98. The Hall–Kier alpha value is -4.00. The van der Waals surface area contributed by atoms with Crippen molar-refractivity contribution in [1.82, 2.24) is 4.98 Å². The number of benzene rings is 2. The molecule has 168 valence electrons. The summed E-state index contributed by atoms with van der Waals surface area (Å²) in [7, 11) is 1.56. The van der Waals surface area contributed by atoms with Crippen molar-refractivity contribution in [3.05, 3.63) is 95.1 Å². The number of carbonyl (C=O) groups is 2. The zero-order valence-electron chi connectivity index (χ0n) is 18.4. The van der Waals surface area contributed by atoms with E-state index in [1.54, 1.807) is 49.7 Å². The van der Waals surface area contributed by atoms with Gasteiger partial charge in [-0.15, -0.1) is 0 Å². The minimum Gasteiger partial charge on any atom is -0.507 e. The van der Waals surface area contributed by atoms with E-state index in [9.17, 15) is 19.1 Å². The molecule has 1 aromatic heterocycles. The highest BCUT2D eigenvalue weighted by Crippen LogP contribution is 2.42. The number of aliphatic hydroxyl groups is 1. The molecule has 33 heavy (non-hydrogen) atoms. The molecule has 1 fully saturated rings. The van der Waals surface area contributed by atoms with E-state index in [4.69, 9.17) is 4.74 Å². The molecule has 1 aliphatic heterocycles. The van der Waals surface area contributed by atoms with Gasteiger partial charge in [0.05, 0.1) is 18.7 Å². The number of pyridine rings is 1. The third-order valence-corrected chi connectivity index (χ3v) is 5.66. The van der Waals surface area contributed by atoms with Crippen LogP contribution < -0.4 is 9.64 Å². The number of hydrogen-bond donors (Lipinski definition) is 1. The molecule has 0 bridgehead atoms. The van der Waals surface area contributed by atoms with E-state index in [-0.39, 0.29) is 22.9 Å². The molecule has 1 aliphatic rings. The van der Waals surface area contributed by atoms with Crippen LogP contribution in [0.4, 0.5) is 10.1 Å². The number of hydrogen-bond acceptors (Lipinski definition) is 5. The van der Waals surface area contributed by atoms with Gasteiger partial charge in [-0.3, -0.25) is 19.5 Å². The Morgan fingerprint density at radius 2 is 1.91 bits per heavy atom. The summed E-state index contributed by atoms with van der Waals surface area (Å²) in [6.07, 6.45) is 3.08. The van der Waals surface area contributed by atoms with E-state index in [1.807, 2.05) is 13.8 Å². The van der Waals surface area contributed by atoms with Crippen LogP contribution >= 0.6 is 0 Å². The van der Waals surface area contributed by atoms with Gasteiger partial charge in [-0.1, -0.05) is 26.0 Å². The summed E-state index contributed by atoms with van der Waals surface area (Å²) in [5.74, 6) is -1.81. The number of halogens is 1. The highest BCUT2D eigenvalue weighted by molar-refractivity contribution is 6.51. The van der Waals surface area contributed by atoms with Crippen LogP contribution in [0.25, 0.3) is 5.76 Å². The average molecular weight is 446 g/mol. The lowest BCUT2D eigenvalue weighted by Crippen LogP contribution is -2.29. The normalized spacial score (nSPS) is 17.6. The summed E-state index contributed by atoms with van der Waals surface area (Å²) < 4.78 is 19.4. The van der Waals surface area contributed by atoms with Crippen molar-refractivity contribution in [3.63, 3.8) is 0 Å². The predicted molar refractivity (Wildman–Crippen MR) is 123 cm³/mol. The van der Waals surface area contributed by atoms with Crippen LogP contribution in [0.3, 0.4) is 0 Å². The van der Waals surface area contributed by atoms with Crippen LogP contribution in [0.2, 0.25) is 0 Å². The number of aliphatic hydroxyl groups excluding tert-OH is 1. The van der Waals surface area contributed by atoms with E-state index >= 15 is 0 Å². The monoisotopic (exact) mass is 446 g/mol. The second-order valence-electron chi connectivity index (χ2n) is 8.05. The van der Waals surface area contributed by atoms with Crippen molar-refractivity contribution >= 4 is 23.1 Å². The van der Waals surface area contributed by atoms with Gasteiger partial charge < -0.3 is 9.84 Å². The minimum absolute atomic E-state index is 0.0860. The fourth-order valence-electron chi connectivity index (χ4n) is 4.07. The standard InChI is InChI=1S/C26H23FN2O4/c1-15(2)20-12-16(9-10-21(20)33-3)24(30)22-23(17-6-5-11-28-14-17)29(26(32)25(22)31)19-8-4-7-18(27)13-19/h4-15,23,30H,1-3H3/b24-22-. The topological polar surface area (TPSA) is 79.7 Å². The summed E-state index contributed by atoms with van der Waals surface area (Å²) in [6, 6.07) is 12.9. The zero-order chi connectivity index (χ0) is 23.7. The van der Waals surface area contributed by atoms with Gasteiger partial charge in [0.25, 0.3) is 11.7 Å². The first-order valence-corrected chi connectivity index (χ1v) is 10.5. The number of aromatic nitrogens is 1. The number of ether oxygens (including phenoxy) is 1. The average Bonchev–Trinajstić information content (AvgIpc) is 3.09. The van der Waals surface area contributed by atoms with Crippen LogP contribution in [0.1, 0.15) is 42.5 Å². The van der Waals surface area contributed by atoms with Crippen LogP contribution in [0.15, 0.2) is 72.6 Å². The first kappa shape index (κ1) is 22.2. The molecule has 2 aromatic carbocycles. The van der Waals surface area contributed by atoms with E-state index in [1.165, 1.54) is 29.3 Å². The molecule has 0 radical (unpaired) electrons. The number of anilines is 1. The number of amides is 1. The van der Waals surface area contributed by atoms with Gasteiger partial charge in [0.2, 0.25) is 0 Å². The molecule has 1 unspecified atom stereocenters. The SMILES string of the molecule is COc1ccc(/C(O)=C2/C(=O)C(=O)N(c3cccc(F)c3)C2c2cccnc2)cc1C(C)C. The Labute approximate surface area is 191 Å². The summed E-state index contributed by atoms with van der Waals surface area (Å²) >= 11 is 0. The maximum Gasteiger partial charge on any atom is 0.300 e. The first-order valence-electron chi connectivity index (χ1n) is 10.5. The Kier molecular flexibility index (Phi) is 5.96. The van der Waals surface area contributed by atoms with Gasteiger partial charge >= 0.3 is 0 Å². The predicted octanol–water partition coefficient (Wildman–Crippen LogP) is 4.98. The van der Waals surface area contributed by atoms with E-state index in [2.05, 4.69) is 4.98 Å². The van der Waals surface area contributed by atoms with Gasteiger partial charge in [-0.05, 0) is 59.5 Å². The summed E-state index contributed by atoms with van der Waals surface area (Å²) in [4.78, 5) is 31.6. The molecule has 0 spiro atoms. The molecule has 7 heteroatoms. The number of methoxy groups -OCH3 is 1.